The van der Waals surface area contributed by atoms with E-state index < -0.39 is 0 Å². The van der Waals surface area contributed by atoms with Gasteiger partial charge in [0.2, 0.25) is 0 Å². The van der Waals surface area contributed by atoms with Gasteiger partial charge in [-0.2, -0.15) is 0 Å². The smallest absolute Gasteiger partial charge is 0.131 e. The van der Waals surface area contributed by atoms with Crippen LogP contribution in [0.5, 0.6) is 5.75 Å². The molecule has 0 saturated heterocycles. The topological polar surface area (TPSA) is 61.0 Å². The van der Waals surface area contributed by atoms with Crippen molar-refractivity contribution in [3.8, 4) is 17.0 Å². The average Bonchev–Trinajstić information content (AvgIpc) is 2.39. The molecule has 0 aliphatic rings. The number of hydrogen-bond donors (Lipinski definition) is 1. The highest BCUT2D eigenvalue weighted by molar-refractivity contribution is 5.63. The molecule has 0 saturated carbocycles. The summed E-state index contributed by atoms with van der Waals surface area (Å²) in [5.74, 6) is 2.09. The Kier molecular flexibility index (Phi) is 3.77. The van der Waals surface area contributed by atoms with Crippen LogP contribution in [0.4, 0.5) is 5.82 Å². The van der Waals surface area contributed by atoms with E-state index in [0.29, 0.717) is 12.4 Å². The van der Waals surface area contributed by atoms with Gasteiger partial charge in [0.1, 0.15) is 17.4 Å². The molecule has 0 aliphatic carbocycles. The Morgan fingerprint density at radius 2 is 2.00 bits per heavy atom. The van der Waals surface area contributed by atoms with Crippen LogP contribution in [-0.2, 0) is 6.42 Å². The highest BCUT2D eigenvalue weighted by Gasteiger charge is 2.05. The van der Waals surface area contributed by atoms with Crippen molar-refractivity contribution in [3.05, 3.63) is 36.2 Å². The number of anilines is 1. The summed E-state index contributed by atoms with van der Waals surface area (Å²) in [5, 5.41) is 0. The third-order valence-electron chi connectivity index (χ3n) is 2.55. The molecule has 0 spiro atoms. The largest absolute Gasteiger partial charge is 0.494 e. The van der Waals surface area contributed by atoms with Gasteiger partial charge in [-0.3, -0.25) is 0 Å². The molecule has 0 amide bonds. The lowest BCUT2D eigenvalue weighted by atomic mass is 10.1. The van der Waals surface area contributed by atoms with E-state index in [1.807, 2.05) is 38.1 Å². The number of nitrogens with two attached hydrogens (primary N) is 1. The van der Waals surface area contributed by atoms with Crippen LogP contribution in [0.3, 0.4) is 0 Å². The van der Waals surface area contributed by atoms with Gasteiger partial charge in [0.25, 0.3) is 0 Å². The third-order valence-corrected chi connectivity index (χ3v) is 2.55. The lowest BCUT2D eigenvalue weighted by Crippen LogP contribution is -2.00. The quantitative estimate of drug-likeness (QED) is 0.896. The normalized spacial score (nSPS) is 10.3. The molecule has 4 nitrogen and oxygen atoms in total. The van der Waals surface area contributed by atoms with Crippen LogP contribution in [0.1, 0.15) is 19.7 Å². The van der Waals surface area contributed by atoms with Crippen LogP contribution < -0.4 is 10.5 Å². The van der Waals surface area contributed by atoms with Crippen LogP contribution in [-0.4, -0.2) is 16.6 Å². The van der Waals surface area contributed by atoms with Crippen molar-refractivity contribution in [1.29, 1.82) is 0 Å². The molecule has 0 radical (unpaired) electrons. The predicted octanol–water partition coefficient (Wildman–Crippen LogP) is 2.69. The maximum Gasteiger partial charge on any atom is 0.131 e. The van der Waals surface area contributed by atoms with Crippen LogP contribution in [0.15, 0.2) is 30.3 Å². The molecule has 4 heteroatoms. The second-order valence-corrected chi connectivity index (χ2v) is 3.91. The molecule has 1 aromatic carbocycles. The number of ether oxygens (including phenoxy) is 1. The Bertz CT molecular complexity index is 540. The van der Waals surface area contributed by atoms with Crippen molar-refractivity contribution in [2.75, 3.05) is 12.3 Å². The highest BCUT2D eigenvalue weighted by Crippen LogP contribution is 2.23. The van der Waals surface area contributed by atoms with Gasteiger partial charge >= 0.3 is 0 Å². The van der Waals surface area contributed by atoms with Gasteiger partial charge in [-0.1, -0.05) is 19.1 Å². The molecular weight excluding hydrogens is 226 g/mol. The molecule has 0 aliphatic heterocycles. The first-order chi connectivity index (χ1) is 8.72. The van der Waals surface area contributed by atoms with E-state index in [9.17, 15) is 0 Å². The van der Waals surface area contributed by atoms with Crippen molar-refractivity contribution in [3.63, 3.8) is 0 Å². The van der Waals surface area contributed by atoms with Gasteiger partial charge in [0.05, 0.1) is 12.3 Å². The molecule has 0 unspecified atom stereocenters. The molecule has 1 aromatic heterocycles. The van der Waals surface area contributed by atoms with E-state index in [-0.39, 0.29) is 0 Å². The van der Waals surface area contributed by atoms with Gasteiger partial charge < -0.3 is 10.5 Å². The minimum Gasteiger partial charge on any atom is -0.494 e. The first-order valence-corrected chi connectivity index (χ1v) is 6.09. The zero-order valence-electron chi connectivity index (χ0n) is 10.7. The molecule has 2 rings (SSSR count). The lowest BCUT2D eigenvalue weighted by Gasteiger charge is -2.07. The van der Waals surface area contributed by atoms with E-state index in [1.54, 1.807) is 6.07 Å². The van der Waals surface area contributed by atoms with Gasteiger partial charge in [-0.05, 0) is 19.1 Å². The van der Waals surface area contributed by atoms with Crippen LogP contribution in [0, 0.1) is 0 Å². The Balaban J connectivity index is 2.41. The van der Waals surface area contributed by atoms with Crippen molar-refractivity contribution >= 4 is 5.82 Å². The molecule has 0 fully saturated rings. The van der Waals surface area contributed by atoms with E-state index in [2.05, 4.69) is 9.97 Å². The standard InChI is InChI=1S/C14H17N3O/c1-3-14-16-12(9-13(15)17-14)10-6-5-7-11(8-10)18-4-2/h5-9H,3-4H2,1-2H3,(H2,15,16,17). The molecular formula is C14H17N3O. The molecule has 0 atom stereocenters. The summed E-state index contributed by atoms with van der Waals surface area (Å²) in [6, 6.07) is 9.61. The number of benzene rings is 1. The van der Waals surface area contributed by atoms with Gasteiger partial charge in [0.15, 0.2) is 0 Å². The Morgan fingerprint density at radius 3 is 2.72 bits per heavy atom. The highest BCUT2D eigenvalue weighted by atomic mass is 16.5. The molecule has 0 bridgehead atoms. The number of rotatable bonds is 4. The monoisotopic (exact) mass is 243 g/mol. The third kappa shape index (κ3) is 2.77. The van der Waals surface area contributed by atoms with Crippen molar-refractivity contribution in [1.82, 2.24) is 9.97 Å². The number of nitrogens with zero attached hydrogens (tertiary/aromatic N) is 2. The first kappa shape index (κ1) is 12.4. The van der Waals surface area contributed by atoms with Gasteiger partial charge in [0, 0.05) is 18.1 Å². The average molecular weight is 243 g/mol. The van der Waals surface area contributed by atoms with Gasteiger partial charge in [-0.25, -0.2) is 9.97 Å². The summed E-state index contributed by atoms with van der Waals surface area (Å²) in [5.41, 5.74) is 7.61. The number of hydrogen-bond acceptors (Lipinski definition) is 4. The lowest BCUT2D eigenvalue weighted by molar-refractivity contribution is 0.340. The van der Waals surface area contributed by atoms with E-state index >= 15 is 0 Å². The Hall–Kier alpha value is -2.10. The molecule has 18 heavy (non-hydrogen) atoms. The zero-order chi connectivity index (χ0) is 13.0. The SMILES string of the molecule is CCOc1cccc(-c2cc(N)nc(CC)n2)c1. The fourth-order valence-corrected chi connectivity index (χ4v) is 1.74. The summed E-state index contributed by atoms with van der Waals surface area (Å²) in [6.07, 6.45) is 0.767. The minimum absolute atomic E-state index is 0.499. The van der Waals surface area contributed by atoms with Crippen molar-refractivity contribution in [2.45, 2.75) is 20.3 Å². The summed E-state index contributed by atoms with van der Waals surface area (Å²) < 4.78 is 5.48. The molecule has 94 valence electrons. The van der Waals surface area contributed by atoms with Crippen molar-refractivity contribution in [2.24, 2.45) is 0 Å². The van der Waals surface area contributed by atoms with E-state index in [4.69, 9.17) is 10.5 Å². The fraction of sp³-hybridized carbons (Fsp3) is 0.286. The second-order valence-electron chi connectivity index (χ2n) is 3.91. The van der Waals surface area contributed by atoms with Crippen molar-refractivity contribution < 1.29 is 4.74 Å². The molecule has 2 aromatic rings. The number of aryl methyl sites for hydroxylation is 1. The summed E-state index contributed by atoms with van der Waals surface area (Å²) in [4.78, 5) is 8.65. The summed E-state index contributed by atoms with van der Waals surface area (Å²) in [7, 11) is 0. The maximum atomic E-state index is 5.79. The molecule has 2 N–H and O–H groups in total. The Morgan fingerprint density at radius 1 is 1.17 bits per heavy atom. The van der Waals surface area contributed by atoms with E-state index in [1.165, 1.54) is 0 Å². The molecule has 1 heterocycles. The van der Waals surface area contributed by atoms with Crippen LogP contribution in [0.25, 0.3) is 11.3 Å². The number of aromatic nitrogens is 2. The fourth-order valence-electron chi connectivity index (χ4n) is 1.74. The first-order valence-electron chi connectivity index (χ1n) is 6.09. The second kappa shape index (κ2) is 5.49. The minimum atomic E-state index is 0.499. The number of nitrogen functional groups attached to an aromatic ring is 1. The predicted molar refractivity (Wildman–Crippen MR) is 72.4 cm³/mol. The zero-order valence-corrected chi connectivity index (χ0v) is 10.7. The van der Waals surface area contributed by atoms with Crippen LogP contribution >= 0.6 is 0 Å². The summed E-state index contributed by atoms with van der Waals surface area (Å²) in [6.45, 7) is 4.62. The maximum absolute atomic E-state index is 5.79. The summed E-state index contributed by atoms with van der Waals surface area (Å²) >= 11 is 0. The Labute approximate surface area is 107 Å². The van der Waals surface area contributed by atoms with Gasteiger partial charge in [-0.15, -0.1) is 0 Å². The van der Waals surface area contributed by atoms with E-state index in [0.717, 1.165) is 29.3 Å². The van der Waals surface area contributed by atoms with Crippen LogP contribution in [0.2, 0.25) is 0 Å².